The Morgan fingerprint density at radius 3 is 2.23 bits per heavy atom. The summed E-state index contributed by atoms with van der Waals surface area (Å²) in [6.45, 7) is 7.50. The Morgan fingerprint density at radius 2 is 1.65 bits per heavy atom. The first-order valence-electron chi connectivity index (χ1n) is 8.43. The number of carbonyl (C=O) groups excluding carboxylic acids is 1. The lowest BCUT2D eigenvalue weighted by molar-refractivity contribution is -0.127. The van der Waals surface area contributed by atoms with Crippen molar-refractivity contribution in [3.05, 3.63) is 59.2 Å². The van der Waals surface area contributed by atoms with E-state index in [1.165, 1.54) is 6.26 Å². The quantitative estimate of drug-likeness (QED) is 0.840. The van der Waals surface area contributed by atoms with Gasteiger partial charge in [0.2, 0.25) is 0 Å². The van der Waals surface area contributed by atoms with Crippen molar-refractivity contribution in [2.45, 2.75) is 44.7 Å². The Morgan fingerprint density at radius 1 is 1.04 bits per heavy atom. The average molecular weight is 375 g/mol. The van der Waals surface area contributed by atoms with Gasteiger partial charge in [-0.25, -0.2) is 8.42 Å². The first-order valence-corrected chi connectivity index (χ1v) is 10.3. The summed E-state index contributed by atoms with van der Waals surface area (Å²) < 4.78 is 28.8. The van der Waals surface area contributed by atoms with E-state index < -0.39 is 15.9 Å². The van der Waals surface area contributed by atoms with Crippen molar-refractivity contribution >= 4 is 15.7 Å². The summed E-state index contributed by atoms with van der Waals surface area (Å²) in [5.41, 5.74) is 2.94. The van der Waals surface area contributed by atoms with Crippen LogP contribution >= 0.6 is 0 Å². The van der Waals surface area contributed by atoms with Gasteiger partial charge >= 0.3 is 0 Å². The number of hydrogen-bond donors (Lipinski definition) is 1. The lowest BCUT2D eigenvalue weighted by Crippen LogP contribution is -2.37. The zero-order valence-corrected chi connectivity index (χ0v) is 16.6. The minimum Gasteiger partial charge on any atom is -0.481 e. The average Bonchev–Trinajstić information content (AvgIpc) is 2.58. The number of sulfone groups is 1. The third kappa shape index (κ3) is 4.85. The molecular weight excluding hydrogens is 350 g/mol. The summed E-state index contributed by atoms with van der Waals surface area (Å²) >= 11 is 0. The SMILES string of the molecule is Cc1cccc(O[C@H](C)C(=O)N[C@@H](C)c2ccc(S(C)(=O)=O)cc2)c1C. The number of aryl methyl sites for hydroxylation is 1. The van der Waals surface area contributed by atoms with Crippen molar-refractivity contribution in [2.24, 2.45) is 0 Å². The molecule has 0 fully saturated rings. The minimum absolute atomic E-state index is 0.231. The summed E-state index contributed by atoms with van der Waals surface area (Å²) in [4.78, 5) is 12.7. The minimum atomic E-state index is -3.23. The molecule has 0 bridgehead atoms. The van der Waals surface area contributed by atoms with E-state index in [1.807, 2.05) is 39.0 Å². The van der Waals surface area contributed by atoms with Crippen molar-refractivity contribution in [2.75, 3.05) is 6.26 Å². The summed E-state index contributed by atoms with van der Waals surface area (Å²) in [6.07, 6.45) is 0.521. The Balaban J connectivity index is 2.03. The first kappa shape index (κ1) is 20.0. The molecule has 0 aliphatic heterocycles. The van der Waals surface area contributed by atoms with Gasteiger partial charge in [0.15, 0.2) is 15.9 Å². The van der Waals surface area contributed by atoms with Crippen LogP contribution in [0.1, 0.15) is 36.6 Å². The Bertz CT molecular complexity index is 889. The monoisotopic (exact) mass is 375 g/mol. The molecule has 1 amide bonds. The molecule has 0 aromatic heterocycles. The number of benzene rings is 2. The van der Waals surface area contributed by atoms with Crippen LogP contribution in [0.15, 0.2) is 47.4 Å². The van der Waals surface area contributed by atoms with Crippen LogP contribution in [0, 0.1) is 13.8 Å². The molecule has 0 unspecified atom stereocenters. The highest BCUT2D eigenvalue weighted by Crippen LogP contribution is 2.22. The Kier molecular flexibility index (Phi) is 6.08. The lowest BCUT2D eigenvalue weighted by Gasteiger charge is -2.20. The molecule has 0 aliphatic rings. The molecule has 0 heterocycles. The topological polar surface area (TPSA) is 72.5 Å². The van der Waals surface area contributed by atoms with E-state index in [0.717, 1.165) is 16.7 Å². The van der Waals surface area contributed by atoms with Crippen LogP contribution in [0.5, 0.6) is 5.75 Å². The molecule has 2 rings (SSSR count). The number of rotatable bonds is 6. The fraction of sp³-hybridized carbons (Fsp3) is 0.350. The van der Waals surface area contributed by atoms with Crippen LogP contribution in [0.2, 0.25) is 0 Å². The Hall–Kier alpha value is -2.34. The number of hydrogen-bond acceptors (Lipinski definition) is 4. The standard InChI is InChI=1S/C20H25NO4S/c1-13-7-6-8-19(14(13)2)25-16(4)20(22)21-15(3)17-9-11-18(12-10-17)26(5,23)24/h6-12,15-16H,1-5H3,(H,21,22)/t15-,16+/m0/s1. The van der Waals surface area contributed by atoms with Gasteiger partial charge in [0.25, 0.3) is 5.91 Å². The molecule has 0 spiro atoms. The van der Waals surface area contributed by atoms with E-state index in [0.29, 0.717) is 5.75 Å². The molecule has 2 aromatic rings. The fourth-order valence-electron chi connectivity index (χ4n) is 2.51. The highest BCUT2D eigenvalue weighted by Gasteiger charge is 2.19. The zero-order chi connectivity index (χ0) is 19.5. The van der Waals surface area contributed by atoms with E-state index >= 15 is 0 Å². The lowest BCUT2D eigenvalue weighted by atomic mass is 10.1. The molecule has 2 aromatic carbocycles. The van der Waals surface area contributed by atoms with Crippen LogP contribution < -0.4 is 10.1 Å². The van der Waals surface area contributed by atoms with Gasteiger partial charge in [-0.2, -0.15) is 0 Å². The van der Waals surface area contributed by atoms with Crippen LogP contribution in [0.3, 0.4) is 0 Å². The van der Waals surface area contributed by atoms with E-state index in [-0.39, 0.29) is 16.8 Å². The van der Waals surface area contributed by atoms with Crippen molar-refractivity contribution < 1.29 is 17.9 Å². The molecule has 0 saturated heterocycles. The van der Waals surface area contributed by atoms with Crippen LogP contribution in [0.25, 0.3) is 0 Å². The molecule has 0 aliphatic carbocycles. The van der Waals surface area contributed by atoms with Crippen LogP contribution in [-0.4, -0.2) is 26.7 Å². The summed E-state index contributed by atoms with van der Waals surface area (Å²) in [5.74, 6) is 0.461. The fourth-order valence-corrected chi connectivity index (χ4v) is 3.14. The highest BCUT2D eigenvalue weighted by atomic mass is 32.2. The molecule has 0 saturated carbocycles. The molecule has 0 radical (unpaired) electrons. The molecule has 1 N–H and O–H groups in total. The molecule has 140 valence electrons. The number of amides is 1. The van der Waals surface area contributed by atoms with Gasteiger partial charge in [0.1, 0.15) is 5.75 Å². The second-order valence-corrected chi connectivity index (χ2v) is 8.55. The molecule has 2 atom stereocenters. The van der Waals surface area contributed by atoms with Crippen LogP contribution in [-0.2, 0) is 14.6 Å². The molecular formula is C20H25NO4S. The normalized spacial score (nSPS) is 13.7. The van der Waals surface area contributed by atoms with E-state index in [4.69, 9.17) is 4.74 Å². The van der Waals surface area contributed by atoms with Gasteiger partial charge < -0.3 is 10.1 Å². The van der Waals surface area contributed by atoms with Crippen molar-refractivity contribution in [3.63, 3.8) is 0 Å². The van der Waals surface area contributed by atoms with E-state index in [9.17, 15) is 13.2 Å². The number of ether oxygens (including phenoxy) is 1. The van der Waals surface area contributed by atoms with E-state index in [2.05, 4.69) is 5.32 Å². The second-order valence-electron chi connectivity index (χ2n) is 6.53. The van der Waals surface area contributed by atoms with Gasteiger partial charge in [0.05, 0.1) is 10.9 Å². The van der Waals surface area contributed by atoms with Crippen molar-refractivity contribution in [1.82, 2.24) is 5.32 Å². The summed E-state index contributed by atoms with van der Waals surface area (Å²) in [7, 11) is -3.23. The van der Waals surface area contributed by atoms with E-state index in [1.54, 1.807) is 31.2 Å². The predicted octanol–water partition coefficient (Wildman–Crippen LogP) is 3.35. The van der Waals surface area contributed by atoms with Gasteiger partial charge in [-0.15, -0.1) is 0 Å². The molecule has 5 nitrogen and oxygen atoms in total. The predicted molar refractivity (Wildman–Crippen MR) is 102 cm³/mol. The zero-order valence-electron chi connectivity index (χ0n) is 15.7. The highest BCUT2D eigenvalue weighted by molar-refractivity contribution is 7.90. The number of nitrogens with one attached hydrogen (secondary N) is 1. The third-order valence-electron chi connectivity index (χ3n) is 4.39. The molecule has 26 heavy (non-hydrogen) atoms. The number of carbonyl (C=O) groups is 1. The van der Waals surface area contributed by atoms with Gasteiger partial charge in [-0.05, 0) is 62.6 Å². The second kappa shape index (κ2) is 7.91. The maximum absolute atomic E-state index is 12.4. The maximum atomic E-state index is 12.4. The van der Waals surface area contributed by atoms with Gasteiger partial charge in [0, 0.05) is 6.26 Å². The summed E-state index contributed by atoms with van der Waals surface area (Å²) in [6, 6.07) is 12.0. The first-order chi connectivity index (χ1) is 12.1. The molecule has 6 heteroatoms. The maximum Gasteiger partial charge on any atom is 0.261 e. The smallest absolute Gasteiger partial charge is 0.261 e. The summed E-state index contributed by atoms with van der Waals surface area (Å²) in [5, 5.41) is 2.90. The largest absolute Gasteiger partial charge is 0.481 e. The van der Waals surface area contributed by atoms with Crippen molar-refractivity contribution in [1.29, 1.82) is 0 Å². The van der Waals surface area contributed by atoms with Gasteiger partial charge in [-0.1, -0.05) is 24.3 Å². The van der Waals surface area contributed by atoms with Crippen LogP contribution in [0.4, 0.5) is 0 Å². The van der Waals surface area contributed by atoms with Crippen molar-refractivity contribution in [3.8, 4) is 5.75 Å². The Labute approximate surface area is 155 Å². The third-order valence-corrected chi connectivity index (χ3v) is 5.52. The van der Waals surface area contributed by atoms with Gasteiger partial charge in [-0.3, -0.25) is 4.79 Å².